The van der Waals surface area contributed by atoms with Crippen LogP contribution in [0.3, 0.4) is 0 Å². The zero-order chi connectivity index (χ0) is 17.5. The Labute approximate surface area is 159 Å². The van der Waals surface area contributed by atoms with Gasteiger partial charge in [-0.3, -0.25) is 9.59 Å². The maximum Gasteiger partial charge on any atom is 0.260 e. The first-order valence-corrected chi connectivity index (χ1v) is 8.82. The number of hydrogen-bond donors (Lipinski definition) is 2. The van der Waals surface area contributed by atoms with E-state index in [0.717, 1.165) is 32.5 Å². The van der Waals surface area contributed by atoms with Gasteiger partial charge in [-0.1, -0.05) is 6.07 Å². The highest BCUT2D eigenvalue weighted by Gasteiger charge is 2.19. The first-order chi connectivity index (χ1) is 12.2. The number of likely N-dealkylation sites (tertiary alicyclic amines) is 1. The molecule has 2 N–H and O–H groups in total. The van der Waals surface area contributed by atoms with E-state index in [-0.39, 0.29) is 36.9 Å². The fourth-order valence-electron chi connectivity index (χ4n) is 3.05. The second kappa shape index (κ2) is 10.4. The van der Waals surface area contributed by atoms with Crippen LogP contribution in [0.2, 0.25) is 0 Å². The number of rotatable bonds is 6. The van der Waals surface area contributed by atoms with E-state index in [0.29, 0.717) is 31.1 Å². The molecular formula is C18H26ClN3O4. The number of carbonyl (C=O) groups is 2. The molecule has 1 atom stereocenters. The summed E-state index contributed by atoms with van der Waals surface area (Å²) in [5.41, 5.74) is 0.660. The van der Waals surface area contributed by atoms with Gasteiger partial charge in [0.1, 0.15) is 5.75 Å². The molecule has 2 aliphatic heterocycles. The number of nitrogens with one attached hydrogen (secondary N) is 2. The van der Waals surface area contributed by atoms with Crippen LogP contribution < -0.4 is 15.4 Å². The second-order valence-corrected chi connectivity index (χ2v) is 6.38. The van der Waals surface area contributed by atoms with Gasteiger partial charge in [0.25, 0.3) is 5.91 Å². The average Bonchev–Trinajstić information content (AvgIpc) is 3.15. The topological polar surface area (TPSA) is 79.9 Å². The van der Waals surface area contributed by atoms with Crippen molar-refractivity contribution in [3.8, 4) is 5.75 Å². The minimum Gasteiger partial charge on any atom is -0.484 e. The molecule has 7 nitrogen and oxygen atoms in total. The van der Waals surface area contributed by atoms with E-state index in [9.17, 15) is 9.59 Å². The van der Waals surface area contributed by atoms with Gasteiger partial charge < -0.3 is 25.0 Å². The minimum atomic E-state index is -0.0757. The lowest BCUT2D eigenvalue weighted by atomic mass is 10.2. The molecule has 0 aliphatic carbocycles. The minimum absolute atomic E-state index is 0. The molecule has 0 radical (unpaired) electrons. The highest BCUT2D eigenvalue weighted by Crippen LogP contribution is 2.18. The van der Waals surface area contributed by atoms with Crippen LogP contribution in [0.4, 0.5) is 5.69 Å². The Bertz CT molecular complexity index is 602. The molecule has 2 aliphatic rings. The van der Waals surface area contributed by atoms with Crippen LogP contribution in [0.25, 0.3) is 0 Å². The molecule has 2 saturated heterocycles. The number of hydrogen-bond acceptors (Lipinski definition) is 5. The highest BCUT2D eigenvalue weighted by atomic mass is 35.5. The third-order valence-corrected chi connectivity index (χ3v) is 4.37. The van der Waals surface area contributed by atoms with Crippen molar-refractivity contribution in [1.29, 1.82) is 0 Å². The molecule has 144 valence electrons. The Kier molecular flexibility index (Phi) is 8.15. The van der Waals surface area contributed by atoms with Gasteiger partial charge in [0.15, 0.2) is 6.61 Å². The summed E-state index contributed by atoms with van der Waals surface area (Å²) < 4.78 is 10.9. The number of amides is 2. The van der Waals surface area contributed by atoms with Crippen molar-refractivity contribution in [2.75, 3.05) is 44.8 Å². The van der Waals surface area contributed by atoms with Gasteiger partial charge in [0.2, 0.25) is 5.91 Å². The predicted molar refractivity (Wildman–Crippen MR) is 101 cm³/mol. The van der Waals surface area contributed by atoms with Crippen LogP contribution in [-0.2, 0) is 14.3 Å². The predicted octanol–water partition coefficient (Wildman–Crippen LogP) is 1.43. The molecule has 0 spiro atoms. The fraction of sp³-hybridized carbons (Fsp3) is 0.556. The molecule has 1 aromatic rings. The number of benzene rings is 1. The number of carbonyl (C=O) groups excluding carboxylic acids is 2. The third kappa shape index (κ3) is 6.16. The molecule has 2 amide bonds. The summed E-state index contributed by atoms with van der Waals surface area (Å²) in [7, 11) is 0. The Morgan fingerprint density at radius 2 is 2.12 bits per heavy atom. The maximum atomic E-state index is 12.1. The molecule has 0 aromatic heterocycles. The van der Waals surface area contributed by atoms with E-state index >= 15 is 0 Å². The van der Waals surface area contributed by atoms with Gasteiger partial charge in [-0.15, -0.1) is 12.4 Å². The zero-order valence-electron chi connectivity index (χ0n) is 14.7. The molecule has 2 heterocycles. The summed E-state index contributed by atoms with van der Waals surface area (Å²) in [6.45, 7) is 3.67. The molecule has 0 saturated carbocycles. The summed E-state index contributed by atoms with van der Waals surface area (Å²) >= 11 is 0. The molecule has 8 heteroatoms. The van der Waals surface area contributed by atoms with Gasteiger partial charge in [0.05, 0.1) is 13.2 Å². The Hall–Kier alpha value is -1.83. The SMILES string of the molecule is Cl.O=C(CC1COCCN1)Nc1cccc(OCC(=O)N2CCCC2)c1. The first kappa shape index (κ1) is 20.5. The van der Waals surface area contributed by atoms with Gasteiger partial charge in [-0.25, -0.2) is 0 Å². The van der Waals surface area contributed by atoms with Crippen molar-refractivity contribution in [2.45, 2.75) is 25.3 Å². The summed E-state index contributed by atoms with van der Waals surface area (Å²) in [5, 5.41) is 6.12. The standard InChI is InChI=1S/C18H25N3O4.ClH/c22-17(11-15-12-24-9-6-19-15)20-14-4-3-5-16(10-14)25-13-18(23)21-7-1-2-8-21;/h3-5,10,15,19H,1-2,6-9,11-13H2,(H,20,22);1H. The molecule has 1 aromatic carbocycles. The molecule has 3 rings (SSSR count). The summed E-state index contributed by atoms with van der Waals surface area (Å²) in [6, 6.07) is 7.17. The normalized spacial score (nSPS) is 19.5. The van der Waals surface area contributed by atoms with Crippen molar-refractivity contribution in [2.24, 2.45) is 0 Å². The molecule has 2 fully saturated rings. The maximum absolute atomic E-state index is 12.1. The lowest BCUT2D eigenvalue weighted by Gasteiger charge is -2.23. The second-order valence-electron chi connectivity index (χ2n) is 6.38. The quantitative estimate of drug-likeness (QED) is 0.776. The third-order valence-electron chi connectivity index (χ3n) is 4.37. The monoisotopic (exact) mass is 383 g/mol. The fourth-order valence-corrected chi connectivity index (χ4v) is 3.05. The van der Waals surface area contributed by atoms with E-state index in [2.05, 4.69) is 10.6 Å². The Balaban J connectivity index is 0.00000243. The molecular weight excluding hydrogens is 358 g/mol. The number of morpholine rings is 1. The van der Waals surface area contributed by atoms with Crippen molar-refractivity contribution in [1.82, 2.24) is 10.2 Å². The van der Waals surface area contributed by atoms with E-state index in [1.165, 1.54) is 0 Å². The summed E-state index contributed by atoms with van der Waals surface area (Å²) in [4.78, 5) is 26.0. The smallest absolute Gasteiger partial charge is 0.260 e. The Morgan fingerprint density at radius 3 is 2.85 bits per heavy atom. The van der Waals surface area contributed by atoms with Crippen LogP contribution in [0.1, 0.15) is 19.3 Å². The van der Waals surface area contributed by atoms with E-state index in [1.54, 1.807) is 24.3 Å². The van der Waals surface area contributed by atoms with Gasteiger partial charge in [-0.2, -0.15) is 0 Å². The van der Waals surface area contributed by atoms with Crippen molar-refractivity contribution in [3.05, 3.63) is 24.3 Å². The van der Waals surface area contributed by atoms with E-state index in [4.69, 9.17) is 9.47 Å². The van der Waals surface area contributed by atoms with Crippen LogP contribution in [0.15, 0.2) is 24.3 Å². The number of ether oxygens (including phenoxy) is 2. The highest BCUT2D eigenvalue weighted by molar-refractivity contribution is 5.91. The van der Waals surface area contributed by atoms with E-state index in [1.807, 2.05) is 4.90 Å². The van der Waals surface area contributed by atoms with Gasteiger partial charge in [-0.05, 0) is 25.0 Å². The van der Waals surface area contributed by atoms with Crippen LogP contribution >= 0.6 is 12.4 Å². The summed E-state index contributed by atoms with van der Waals surface area (Å²) in [6.07, 6.45) is 2.49. The van der Waals surface area contributed by atoms with Crippen molar-refractivity contribution >= 4 is 29.9 Å². The van der Waals surface area contributed by atoms with Crippen LogP contribution in [-0.4, -0.2) is 62.2 Å². The number of nitrogens with zero attached hydrogens (tertiary/aromatic N) is 1. The van der Waals surface area contributed by atoms with Crippen LogP contribution in [0.5, 0.6) is 5.75 Å². The van der Waals surface area contributed by atoms with Crippen LogP contribution in [0, 0.1) is 0 Å². The van der Waals surface area contributed by atoms with Gasteiger partial charge >= 0.3 is 0 Å². The first-order valence-electron chi connectivity index (χ1n) is 8.82. The Morgan fingerprint density at radius 1 is 1.31 bits per heavy atom. The zero-order valence-corrected chi connectivity index (χ0v) is 15.6. The van der Waals surface area contributed by atoms with Crippen molar-refractivity contribution in [3.63, 3.8) is 0 Å². The van der Waals surface area contributed by atoms with Crippen molar-refractivity contribution < 1.29 is 19.1 Å². The molecule has 1 unspecified atom stereocenters. The van der Waals surface area contributed by atoms with E-state index < -0.39 is 0 Å². The molecule has 26 heavy (non-hydrogen) atoms. The lowest BCUT2D eigenvalue weighted by Crippen LogP contribution is -2.43. The lowest BCUT2D eigenvalue weighted by molar-refractivity contribution is -0.132. The molecule has 0 bridgehead atoms. The largest absolute Gasteiger partial charge is 0.484 e. The summed E-state index contributed by atoms with van der Waals surface area (Å²) in [5.74, 6) is 0.507. The average molecular weight is 384 g/mol. The van der Waals surface area contributed by atoms with Gasteiger partial charge in [0, 0.05) is 43.9 Å². The number of halogens is 1. The number of anilines is 1.